The summed E-state index contributed by atoms with van der Waals surface area (Å²) in [5.41, 5.74) is 10.3. The fraction of sp³-hybridized carbons (Fsp3) is 0.265. The second-order valence-corrected chi connectivity index (χ2v) is 17.8. The molecule has 0 saturated carbocycles. The van der Waals surface area contributed by atoms with E-state index in [0.29, 0.717) is 6.67 Å². The van der Waals surface area contributed by atoms with Crippen molar-refractivity contribution in [3.05, 3.63) is 150 Å². The van der Waals surface area contributed by atoms with E-state index in [1.54, 1.807) is 0 Å². The Morgan fingerprint density at radius 1 is 0.582 bits per heavy atom. The van der Waals surface area contributed by atoms with Gasteiger partial charge in [0.05, 0.1) is 29.0 Å². The highest BCUT2D eigenvalue weighted by atomic mass is 16.5. The molecule has 0 radical (unpaired) electrons. The van der Waals surface area contributed by atoms with Crippen molar-refractivity contribution in [3.63, 3.8) is 0 Å². The molecule has 6 heteroatoms. The van der Waals surface area contributed by atoms with Crippen molar-refractivity contribution in [1.82, 2.24) is 9.55 Å². The summed E-state index contributed by atoms with van der Waals surface area (Å²) in [7, 11) is 0. The second-order valence-electron chi connectivity index (χ2n) is 17.8. The number of para-hydroxylation sites is 3. The number of hydrogen-bond acceptors (Lipinski definition) is 4. The topological polar surface area (TPSA) is 37.9 Å². The molecule has 3 heterocycles. The smallest absolute Gasteiger partial charge is 0.194 e. The van der Waals surface area contributed by atoms with Gasteiger partial charge in [-0.15, -0.1) is 0 Å². The van der Waals surface area contributed by atoms with Gasteiger partial charge in [-0.25, -0.2) is 9.83 Å². The molecule has 0 bridgehead atoms. The Kier molecular flexibility index (Phi) is 8.53. The van der Waals surface area contributed by atoms with Crippen molar-refractivity contribution in [1.29, 1.82) is 0 Å². The van der Waals surface area contributed by atoms with Crippen molar-refractivity contribution < 1.29 is 4.74 Å². The number of anilines is 4. The number of aromatic nitrogens is 2. The van der Waals surface area contributed by atoms with E-state index in [4.69, 9.17) is 16.3 Å². The summed E-state index contributed by atoms with van der Waals surface area (Å²) in [6, 6.07) is 40.5. The molecule has 0 atom stereocenters. The van der Waals surface area contributed by atoms with E-state index in [1.165, 1.54) is 10.9 Å². The minimum atomic E-state index is -0.190. The lowest BCUT2D eigenvalue weighted by Crippen LogP contribution is -2.25. The summed E-state index contributed by atoms with van der Waals surface area (Å²) >= 11 is 0. The lowest BCUT2D eigenvalue weighted by atomic mass is 9.78. The first-order chi connectivity index (χ1) is 26.1. The quantitative estimate of drug-likeness (QED) is 0.166. The van der Waals surface area contributed by atoms with Crippen LogP contribution in [-0.4, -0.2) is 16.2 Å². The number of benzene rings is 5. The van der Waals surface area contributed by atoms with Gasteiger partial charge in [-0.05, 0) is 99.7 Å². The number of nitrogens with zero attached hydrogens (tertiary/aromatic N) is 5. The summed E-state index contributed by atoms with van der Waals surface area (Å²) in [5.74, 6) is 2.41. The van der Waals surface area contributed by atoms with Crippen molar-refractivity contribution in [2.45, 2.75) is 78.6 Å². The van der Waals surface area contributed by atoms with E-state index < -0.39 is 0 Å². The molecule has 0 aliphatic carbocycles. The van der Waals surface area contributed by atoms with Gasteiger partial charge in [-0.3, -0.25) is 4.57 Å². The van der Waals surface area contributed by atoms with Gasteiger partial charge in [0.15, 0.2) is 5.69 Å². The normalized spacial score (nSPS) is 13.4. The first kappa shape index (κ1) is 35.9. The van der Waals surface area contributed by atoms with E-state index in [9.17, 15) is 0 Å². The molecule has 55 heavy (non-hydrogen) atoms. The molecule has 6 nitrogen and oxygen atoms in total. The Bertz CT molecular complexity index is 2610. The molecule has 1 aliphatic heterocycles. The van der Waals surface area contributed by atoms with Gasteiger partial charge in [-0.1, -0.05) is 98.7 Å². The number of rotatable bonds is 5. The van der Waals surface area contributed by atoms with E-state index in [-0.39, 0.29) is 16.2 Å². The number of pyridine rings is 1. The highest BCUT2D eigenvalue weighted by Gasteiger charge is 2.32. The Labute approximate surface area is 325 Å². The number of fused-ring (bicyclic) bond motifs is 4. The van der Waals surface area contributed by atoms with Gasteiger partial charge < -0.3 is 14.5 Å². The van der Waals surface area contributed by atoms with E-state index in [2.05, 4.69) is 191 Å². The first-order valence-electron chi connectivity index (χ1n) is 19.1. The Morgan fingerprint density at radius 2 is 1.20 bits per heavy atom. The summed E-state index contributed by atoms with van der Waals surface area (Å²) < 4.78 is 8.93. The van der Waals surface area contributed by atoms with E-state index >= 15 is 0 Å². The first-order valence-corrected chi connectivity index (χ1v) is 19.1. The van der Waals surface area contributed by atoms with E-state index in [0.717, 1.165) is 73.3 Å². The van der Waals surface area contributed by atoms with Crippen LogP contribution in [0.5, 0.6) is 11.5 Å². The van der Waals surface area contributed by atoms with Gasteiger partial charge in [0.2, 0.25) is 0 Å². The Morgan fingerprint density at radius 3 is 1.85 bits per heavy atom. The van der Waals surface area contributed by atoms with Crippen molar-refractivity contribution in [2.24, 2.45) is 0 Å². The van der Waals surface area contributed by atoms with Crippen molar-refractivity contribution >= 4 is 50.2 Å². The van der Waals surface area contributed by atoms with Crippen LogP contribution in [-0.2, 0) is 16.2 Å². The molecule has 5 aromatic carbocycles. The molecule has 2 aromatic heterocycles. The summed E-state index contributed by atoms with van der Waals surface area (Å²) in [6.07, 6.45) is 1.91. The van der Waals surface area contributed by atoms with Crippen LogP contribution in [0.4, 0.5) is 28.4 Å². The molecule has 0 fully saturated rings. The van der Waals surface area contributed by atoms with Crippen LogP contribution >= 0.6 is 0 Å². The third kappa shape index (κ3) is 6.48. The average Bonchev–Trinajstić information content (AvgIpc) is 3.69. The zero-order valence-electron chi connectivity index (χ0n) is 33.4. The molecule has 7 aromatic rings. The maximum absolute atomic E-state index is 8.16. The summed E-state index contributed by atoms with van der Waals surface area (Å²) in [4.78, 5) is 13.6. The fourth-order valence-electron chi connectivity index (χ4n) is 7.81. The fourth-order valence-corrected chi connectivity index (χ4v) is 7.81. The molecule has 0 amide bonds. The minimum Gasteiger partial charge on any atom is -0.457 e. The van der Waals surface area contributed by atoms with Gasteiger partial charge in [0, 0.05) is 40.5 Å². The highest BCUT2D eigenvalue weighted by molar-refractivity contribution is 6.09. The van der Waals surface area contributed by atoms with Crippen LogP contribution in [0.15, 0.2) is 121 Å². The molecule has 8 rings (SSSR count). The zero-order valence-corrected chi connectivity index (χ0v) is 33.4. The largest absolute Gasteiger partial charge is 0.457 e. The van der Waals surface area contributed by atoms with Crippen LogP contribution in [0.2, 0.25) is 0 Å². The van der Waals surface area contributed by atoms with Crippen molar-refractivity contribution in [2.75, 3.05) is 16.5 Å². The molecular weight excluding hydrogens is 675 g/mol. The Hall–Kier alpha value is -6.06. The molecular formula is C49H49N5O. The predicted octanol–water partition coefficient (Wildman–Crippen LogP) is 13.7. The number of hydrogen-bond donors (Lipinski definition) is 0. The predicted molar refractivity (Wildman–Crippen MR) is 229 cm³/mol. The highest BCUT2D eigenvalue weighted by Crippen LogP contribution is 2.49. The standard InChI is InChI=1S/C49H49N5O/c1-47(2,3)32-24-25-51-45(26-32)54-41-19-12-11-18-37(41)38-23-22-36(30-44(38)54)55-35-17-15-16-33(27-35)52-31-53(43-21-14-13-20-42(43)52)34-28-39(48(4,5)6)46(50-10)40(29-34)49(7,8)9/h11-30H,31H2,1-9H3. The lowest BCUT2D eigenvalue weighted by molar-refractivity contribution is 0.483. The van der Waals surface area contributed by atoms with Gasteiger partial charge in [0.1, 0.15) is 24.0 Å². The van der Waals surface area contributed by atoms with Gasteiger partial charge >= 0.3 is 0 Å². The molecule has 276 valence electrons. The molecule has 1 aliphatic rings. The van der Waals surface area contributed by atoms with Crippen LogP contribution in [0, 0.1) is 6.57 Å². The Balaban J connectivity index is 1.16. The van der Waals surface area contributed by atoms with Crippen LogP contribution in [0.3, 0.4) is 0 Å². The van der Waals surface area contributed by atoms with Gasteiger partial charge in [-0.2, -0.15) is 0 Å². The van der Waals surface area contributed by atoms with E-state index in [1.807, 2.05) is 12.3 Å². The molecule has 0 unspecified atom stereocenters. The maximum atomic E-state index is 8.16. The third-order valence-electron chi connectivity index (χ3n) is 10.7. The summed E-state index contributed by atoms with van der Waals surface area (Å²) in [5, 5.41) is 2.33. The van der Waals surface area contributed by atoms with Crippen LogP contribution in [0.25, 0.3) is 32.5 Å². The average molecular weight is 724 g/mol. The second kappa shape index (κ2) is 13.1. The molecule has 0 spiro atoms. The van der Waals surface area contributed by atoms with Crippen LogP contribution in [0.1, 0.15) is 79.0 Å². The monoisotopic (exact) mass is 723 g/mol. The van der Waals surface area contributed by atoms with Gasteiger partial charge in [0.25, 0.3) is 0 Å². The SMILES string of the molecule is [C-]#[N+]c1c(C(C)(C)C)cc(N2CN(c3cccc(Oc4ccc5c6ccccc6n(-c6cc(C(C)(C)C)ccn6)c5c4)c3)c3ccccc32)cc1C(C)(C)C. The lowest BCUT2D eigenvalue weighted by Gasteiger charge is -2.31. The third-order valence-corrected chi connectivity index (χ3v) is 10.7. The molecule has 0 saturated heterocycles. The zero-order chi connectivity index (χ0) is 38.9. The summed E-state index contributed by atoms with van der Waals surface area (Å²) in [6.45, 7) is 28.7. The van der Waals surface area contributed by atoms with Crippen LogP contribution < -0.4 is 14.5 Å². The molecule has 0 N–H and O–H groups in total. The minimum absolute atomic E-state index is 0.00357. The van der Waals surface area contributed by atoms with Crippen molar-refractivity contribution in [3.8, 4) is 17.3 Å². The number of ether oxygens (including phenoxy) is 1. The maximum Gasteiger partial charge on any atom is 0.194 e.